The molecular formula is C15H10ClFI2N2. The molecule has 21 heavy (non-hydrogen) atoms. The van der Waals surface area contributed by atoms with Crippen LogP contribution in [0.1, 0.15) is 18.1 Å². The van der Waals surface area contributed by atoms with Crippen LogP contribution in [0.25, 0.3) is 16.7 Å². The quantitative estimate of drug-likeness (QED) is 0.311. The van der Waals surface area contributed by atoms with Crippen LogP contribution in [0.15, 0.2) is 36.4 Å². The van der Waals surface area contributed by atoms with Crippen LogP contribution in [-0.2, 0) is 0 Å². The topological polar surface area (TPSA) is 17.8 Å². The first-order valence-corrected chi connectivity index (χ1v) is 8.84. The van der Waals surface area contributed by atoms with Gasteiger partial charge in [-0.1, -0.05) is 0 Å². The van der Waals surface area contributed by atoms with Crippen molar-refractivity contribution in [1.29, 1.82) is 0 Å². The third-order valence-electron chi connectivity index (χ3n) is 3.15. The van der Waals surface area contributed by atoms with Crippen molar-refractivity contribution in [2.24, 2.45) is 0 Å². The molecule has 0 saturated carbocycles. The summed E-state index contributed by atoms with van der Waals surface area (Å²) in [5.41, 5.74) is 2.76. The number of rotatable bonds is 2. The highest BCUT2D eigenvalue weighted by molar-refractivity contribution is 14.1. The fourth-order valence-corrected chi connectivity index (χ4v) is 3.59. The van der Waals surface area contributed by atoms with E-state index in [0.717, 1.165) is 29.7 Å². The summed E-state index contributed by atoms with van der Waals surface area (Å²) in [6.07, 6.45) is 0. The highest BCUT2D eigenvalue weighted by Gasteiger charge is 2.18. The molecule has 0 fully saturated rings. The van der Waals surface area contributed by atoms with Crippen LogP contribution >= 0.6 is 56.8 Å². The minimum atomic E-state index is -0.248. The van der Waals surface area contributed by atoms with Crippen molar-refractivity contribution < 1.29 is 4.39 Å². The molecule has 0 N–H and O–H groups in total. The Labute approximate surface area is 154 Å². The number of aromatic nitrogens is 2. The van der Waals surface area contributed by atoms with Crippen molar-refractivity contribution in [3.05, 3.63) is 55.2 Å². The van der Waals surface area contributed by atoms with Crippen LogP contribution in [0.4, 0.5) is 4.39 Å². The van der Waals surface area contributed by atoms with Gasteiger partial charge in [0.1, 0.15) is 11.6 Å². The van der Waals surface area contributed by atoms with E-state index >= 15 is 0 Å². The van der Waals surface area contributed by atoms with Crippen LogP contribution < -0.4 is 0 Å². The smallest absolute Gasteiger partial charge is 0.132 e. The first-order chi connectivity index (χ1) is 9.97. The monoisotopic (exact) mass is 526 g/mol. The Morgan fingerprint density at radius 3 is 2.62 bits per heavy atom. The lowest BCUT2D eigenvalue weighted by Gasteiger charge is -2.12. The van der Waals surface area contributed by atoms with E-state index in [0.29, 0.717) is 0 Å². The summed E-state index contributed by atoms with van der Waals surface area (Å²) >= 11 is 10.7. The minimum Gasteiger partial charge on any atom is -0.294 e. The number of hydrogen-bond donors (Lipinski definition) is 0. The molecule has 1 atom stereocenters. The molecule has 3 rings (SSSR count). The fourth-order valence-electron chi connectivity index (χ4n) is 2.25. The summed E-state index contributed by atoms with van der Waals surface area (Å²) in [6.45, 7) is 1.89. The summed E-state index contributed by atoms with van der Waals surface area (Å²) in [7, 11) is 0. The Hall–Kier alpha value is -0.410. The van der Waals surface area contributed by atoms with Crippen molar-refractivity contribution in [2.75, 3.05) is 0 Å². The van der Waals surface area contributed by atoms with Gasteiger partial charge in [-0.15, -0.1) is 11.6 Å². The van der Waals surface area contributed by atoms with Crippen LogP contribution in [0, 0.1) is 13.0 Å². The molecule has 0 aliphatic rings. The van der Waals surface area contributed by atoms with Gasteiger partial charge in [-0.3, -0.25) is 4.57 Å². The van der Waals surface area contributed by atoms with E-state index in [9.17, 15) is 4.39 Å². The Morgan fingerprint density at radius 1 is 1.19 bits per heavy atom. The van der Waals surface area contributed by atoms with E-state index < -0.39 is 0 Å². The van der Waals surface area contributed by atoms with Crippen LogP contribution in [-0.4, -0.2) is 9.55 Å². The lowest BCUT2D eigenvalue weighted by Crippen LogP contribution is -2.04. The van der Waals surface area contributed by atoms with E-state index in [1.165, 1.54) is 12.1 Å². The maximum absolute atomic E-state index is 13.4. The van der Waals surface area contributed by atoms with Gasteiger partial charge in [-0.2, -0.15) is 0 Å². The predicted octanol–water partition coefficient (Wildman–Crippen LogP) is 5.67. The molecule has 0 radical (unpaired) electrons. The molecule has 0 amide bonds. The maximum Gasteiger partial charge on any atom is 0.132 e. The Bertz CT molecular complexity index is 830. The molecule has 2 nitrogen and oxygen atoms in total. The lowest BCUT2D eigenvalue weighted by atomic mass is 10.2. The Balaban J connectivity index is 2.36. The maximum atomic E-state index is 13.4. The molecule has 2 aromatic carbocycles. The molecule has 0 bridgehead atoms. The SMILES string of the molecule is CC(Cl)c1nc2cc(I)ccc2n1-c1ccc(F)cc1I. The predicted molar refractivity (Wildman–Crippen MR) is 101 cm³/mol. The summed E-state index contributed by atoms with van der Waals surface area (Å²) in [5.74, 6) is 0.515. The minimum absolute atomic E-state index is 0.240. The molecule has 1 unspecified atom stereocenters. The van der Waals surface area contributed by atoms with E-state index in [-0.39, 0.29) is 11.2 Å². The normalized spacial score (nSPS) is 12.8. The van der Waals surface area contributed by atoms with Crippen molar-refractivity contribution in [2.45, 2.75) is 12.3 Å². The zero-order valence-corrected chi connectivity index (χ0v) is 16.0. The van der Waals surface area contributed by atoms with E-state index in [4.69, 9.17) is 11.6 Å². The molecule has 0 spiro atoms. The van der Waals surface area contributed by atoms with Crippen molar-refractivity contribution >= 4 is 67.8 Å². The lowest BCUT2D eigenvalue weighted by molar-refractivity contribution is 0.626. The van der Waals surface area contributed by atoms with Gasteiger partial charge in [0.2, 0.25) is 0 Å². The van der Waals surface area contributed by atoms with Gasteiger partial charge in [-0.05, 0) is 88.5 Å². The third-order valence-corrected chi connectivity index (χ3v) is 4.88. The number of nitrogens with zero attached hydrogens (tertiary/aromatic N) is 2. The molecule has 1 aromatic heterocycles. The van der Waals surface area contributed by atoms with E-state index in [1.807, 2.05) is 29.7 Å². The van der Waals surface area contributed by atoms with Gasteiger partial charge in [-0.25, -0.2) is 9.37 Å². The largest absolute Gasteiger partial charge is 0.294 e. The highest BCUT2D eigenvalue weighted by atomic mass is 127. The molecule has 108 valence electrons. The zero-order chi connectivity index (χ0) is 15.1. The van der Waals surface area contributed by atoms with Crippen LogP contribution in [0.5, 0.6) is 0 Å². The molecule has 3 aromatic rings. The fraction of sp³-hybridized carbons (Fsp3) is 0.133. The summed E-state index contributed by atoms with van der Waals surface area (Å²) < 4.78 is 17.3. The number of benzene rings is 2. The van der Waals surface area contributed by atoms with Crippen LogP contribution in [0.2, 0.25) is 0 Å². The second-order valence-electron chi connectivity index (χ2n) is 4.65. The van der Waals surface area contributed by atoms with Gasteiger partial charge in [0, 0.05) is 7.14 Å². The second-order valence-corrected chi connectivity index (χ2v) is 7.71. The van der Waals surface area contributed by atoms with Gasteiger partial charge in [0.05, 0.1) is 22.1 Å². The summed E-state index contributed by atoms with van der Waals surface area (Å²) in [4.78, 5) is 4.64. The molecule has 0 saturated heterocycles. The standard InChI is InChI=1S/C15H10ClFI2N2/c1-8(16)15-20-12-7-10(18)3-5-14(12)21(15)13-4-2-9(17)6-11(13)19/h2-8H,1H3. The van der Waals surface area contributed by atoms with Crippen molar-refractivity contribution in [3.63, 3.8) is 0 Å². The average molecular weight is 527 g/mol. The average Bonchev–Trinajstić information content (AvgIpc) is 2.77. The second kappa shape index (κ2) is 6.00. The Kier molecular flexibility index (Phi) is 4.42. The highest BCUT2D eigenvalue weighted by Crippen LogP contribution is 2.31. The first-order valence-electron chi connectivity index (χ1n) is 6.25. The number of halogens is 4. The van der Waals surface area contributed by atoms with Crippen LogP contribution in [0.3, 0.4) is 0 Å². The zero-order valence-electron chi connectivity index (χ0n) is 10.9. The summed E-state index contributed by atoms with van der Waals surface area (Å²) in [5, 5.41) is -0.240. The van der Waals surface area contributed by atoms with Crippen molar-refractivity contribution in [1.82, 2.24) is 9.55 Å². The third kappa shape index (κ3) is 2.92. The molecular weight excluding hydrogens is 516 g/mol. The molecule has 0 aliphatic carbocycles. The molecule has 1 heterocycles. The van der Waals surface area contributed by atoms with Gasteiger partial charge >= 0.3 is 0 Å². The molecule has 0 aliphatic heterocycles. The van der Waals surface area contributed by atoms with Gasteiger partial charge < -0.3 is 0 Å². The van der Waals surface area contributed by atoms with Gasteiger partial charge in [0.25, 0.3) is 0 Å². The number of imidazole rings is 1. The van der Waals surface area contributed by atoms with Gasteiger partial charge in [0.15, 0.2) is 0 Å². The number of hydrogen-bond acceptors (Lipinski definition) is 1. The van der Waals surface area contributed by atoms with E-state index in [1.54, 1.807) is 6.07 Å². The number of alkyl halides is 1. The molecule has 6 heteroatoms. The summed E-state index contributed by atoms with van der Waals surface area (Å²) in [6, 6.07) is 10.8. The van der Waals surface area contributed by atoms with E-state index in [2.05, 4.69) is 50.2 Å². The first kappa shape index (κ1) is 15.5. The van der Waals surface area contributed by atoms with Crippen molar-refractivity contribution in [3.8, 4) is 5.69 Å². The Morgan fingerprint density at radius 2 is 1.95 bits per heavy atom. The number of fused-ring (bicyclic) bond motifs is 1.